The zero-order chi connectivity index (χ0) is 15.1. The second kappa shape index (κ2) is 7.74. The van der Waals surface area contributed by atoms with Crippen LogP contribution >= 0.6 is 11.3 Å². The lowest BCUT2D eigenvalue weighted by molar-refractivity contribution is -0.131. The number of amides is 1. The van der Waals surface area contributed by atoms with Gasteiger partial charge in [0.25, 0.3) is 0 Å². The lowest BCUT2D eigenvalue weighted by Crippen LogP contribution is -2.30. The first-order valence-corrected chi connectivity index (χ1v) is 7.73. The third kappa shape index (κ3) is 4.53. The largest absolute Gasteiger partial charge is 0.334 e. The Labute approximate surface area is 128 Å². The number of carbonyl (C=O) groups is 1. The van der Waals surface area contributed by atoms with Gasteiger partial charge in [-0.1, -0.05) is 30.3 Å². The standard InChI is InChI=1S/C17H18FNOS/c1-2-11-19(13-15-7-5-12-21-15)17(20)10-9-14-6-3-4-8-16(14)18/h2-8,12H,1,9-11,13H2. The zero-order valence-electron chi connectivity index (χ0n) is 11.8. The molecule has 1 amide bonds. The van der Waals surface area contributed by atoms with Crippen molar-refractivity contribution in [2.75, 3.05) is 6.54 Å². The first-order chi connectivity index (χ1) is 10.2. The SMILES string of the molecule is C=CCN(Cc1cccs1)C(=O)CCc1ccccc1F. The monoisotopic (exact) mass is 303 g/mol. The molecule has 1 aromatic heterocycles. The van der Waals surface area contributed by atoms with Crippen LogP contribution in [0, 0.1) is 5.82 Å². The molecule has 4 heteroatoms. The molecule has 0 atom stereocenters. The second-order valence-electron chi connectivity index (χ2n) is 4.73. The number of hydrogen-bond donors (Lipinski definition) is 0. The number of thiophene rings is 1. The van der Waals surface area contributed by atoms with E-state index in [-0.39, 0.29) is 11.7 Å². The summed E-state index contributed by atoms with van der Waals surface area (Å²) in [5, 5.41) is 1.99. The first-order valence-electron chi connectivity index (χ1n) is 6.85. The Morgan fingerprint density at radius 1 is 1.29 bits per heavy atom. The van der Waals surface area contributed by atoms with Crippen LogP contribution in [0.15, 0.2) is 54.4 Å². The molecule has 2 nitrogen and oxygen atoms in total. The predicted octanol–water partition coefficient (Wildman–Crippen LogP) is 4.03. The molecule has 2 rings (SSSR count). The van der Waals surface area contributed by atoms with Gasteiger partial charge in [0.1, 0.15) is 5.82 Å². The van der Waals surface area contributed by atoms with E-state index in [9.17, 15) is 9.18 Å². The summed E-state index contributed by atoms with van der Waals surface area (Å²) < 4.78 is 13.6. The van der Waals surface area contributed by atoms with Gasteiger partial charge < -0.3 is 4.90 Å². The van der Waals surface area contributed by atoms with E-state index in [0.717, 1.165) is 4.88 Å². The quantitative estimate of drug-likeness (QED) is 0.707. The van der Waals surface area contributed by atoms with E-state index in [1.54, 1.807) is 40.5 Å². The maximum Gasteiger partial charge on any atom is 0.223 e. The zero-order valence-corrected chi connectivity index (χ0v) is 12.6. The molecular formula is C17H18FNOS. The Kier molecular flexibility index (Phi) is 5.69. The van der Waals surface area contributed by atoms with Crippen LogP contribution in [0.4, 0.5) is 4.39 Å². The van der Waals surface area contributed by atoms with Gasteiger partial charge in [-0.2, -0.15) is 0 Å². The van der Waals surface area contributed by atoms with E-state index in [0.29, 0.717) is 31.5 Å². The van der Waals surface area contributed by atoms with Crippen LogP contribution in [0.25, 0.3) is 0 Å². The average Bonchev–Trinajstić information content (AvgIpc) is 2.99. The summed E-state index contributed by atoms with van der Waals surface area (Å²) in [4.78, 5) is 15.2. The third-order valence-corrected chi connectivity index (χ3v) is 4.06. The molecule has 0 bridgehead atoms. The molecule has 0 unspecified atom stereocenters. The highest BCUT2D eigenvalue weighted by atomic mass is 32.1. The van der Waals surface area contributed by atoms with Crippen LogP contribution < -0.4 is 0 Å². The number of benzene rings is 1. The van der Waals surface area contributed by atoms with Gasteiger partial charge in [0.2, 0.25) is 5.91 Å². The van der Waals surface area contributed by atoms with Crippen molar-refractivity contribution in [3.63, 3.8) is 0 Å². The maximum absolute atomic E-state index is 13.6. The summed E-state index contributed by atoms with van der Waals surface area (Å²) in [6, 6.07) is 10.6. The summed E-state index contributed by atoms with van der Waals surface area (Å²) in [5.41, 5.74) is 0.584. The molecule has 0 aliphatic rings. The van der Waals surface area contributed by atoms with Gasteiger partial charge in [0.15, 0.2) is 0 Å². The van der Waals surface area contributed by atoms with Gasteiger partial charge in [-0.25, -0.2) is 4.39 Å². The maximum atomic E-state index is 13.6. The van der Waals surface area contributed by atoms with Crippen LogP contribution in [0.3, 0.4) is 0 Å². The number of halogens is 1. The molecular weight excluding hydrogens is 285 g/mol. The van der Waals surface area contributed by atoms with Crippen molar-refractivity contribution in [2.24, 2.45) is 0 Å². The van der Waals surface area contributed by atoms with Crippen molar-refractivity contribution >= 4 is 17.2 Å². The van der Waals surface area contributed by atoms with Gasteiger partial charge in [-0.3, -0.25) is 4.79 Å². The molecule has 2 aromatic rings. The summed E-state index contributed by atoms with van der Waals surface area (Å²) in [5.74, 6) is -0.231. The van der Waals surface area contributed by atoms with E-state index >= 15 is 0 Å². The molecule has 0 spiro atoms. The van der Waals surface area contributed by atoms with Crippen molar-refractivity contribution in [1.82, 2.24) is 4.90 Å². The van der Waals surface area contributed by atoms with Crippen LogP contribution in [0.2, 0.25) is 0 Å². The Morgan fingerprint density at radius 3 is 2.76 bits per heavy atom. The number of carbonyl (C=O) groups excluding carboxylic acids is 1. The van der Waals surface area contributed by atoms with Crippen LogP contribution in [0.5, 0.6) is 0 Å². The minimum absolute atomic E-state index is 0.0200. The van der Waals surface area contributed by atoms with Crippen LogP contribution in [-0.2, 0) is 17.8 Å². The normalized spacial score (nSPS) is 10.3. The molecule has 0 fully saturated rings. The molecule has 0 aliphatic carbocycles. The minimum atomic E-state index is -0.251. The van der Waals surface area contributed by atoms with Crippen molar-refractivity contribution in [1.29, 1.82) is 0 Å². The number of rotatable bonds is 7. The molecule has 1 heterocycles. The van der Waals surface area contributed by atoms with E-state index in [2.05, 4.69) is 6.58 Å². The molecule has 110 valence electrons. The molecule has 0 radical (unpaired) electrons. The van der Waals surface area contributed by atoms with Gasteiger partial charge >= 0.3 is 0 Å². The number of nitrogens with zero attached hydrogens (tertiary/aromatic N) is 1. The highest BCUT2D eigenvalue weighted by Crippen LogP contribution is 2.14. The first kappa shape index (κ1) is 15.4. The summed E-state index contributed by atoms with van der Waals surface area (Å²) >= 11 is 1.62. The number of hydrogen-bond acceptors (Lipinski definition) is 2. The fourth-order valence-electron chi connectivity index (χ4n) is 2.10. The fourth-order valence-corrected chi connectivity index (χ4v) is 2.82. The molecule has 21 heavy (non-hydrogen) atoms. The summed E-state index contributed by atoms with van der Waals surface area (Å²) in [6.45, 7) is 4.79. The Morgan fingerprint density at radius 2 is 2.10 bits per heavy atom. The second-order valence-corrected chi connectivity index (χ2v) is 5.77. The van der Waals surface area contributed by atoms with Crippen molar-refractivity contribution in [2.45, 2.75) is 19.4 Å². The molecule has 0 saturated carbocycles. The molecule has 0 N–H and O–H groups in total. The van der Waals surface area contributed by atoms with Crippen LogP contribution in [0.1, 0.15) is 16.9 Å². The van der Waals surface area contributed by atoms with Gasteiger partial charge in [-0.15, -0.1) is 17.9 Å². The van der Waals surface area contributed by atoms with Crippen molar-refractivity contribution < 1.29 is 9.18 Å². The van der Waals surface area contributed by atoms with Crippen molar-refractivity contribution in [3.8, 4) is 0 Å². The van der Waals surface area contributed by atoms with Crippen molar-refractivity contribution in [3.05, 3.63) is 70.7 Å². The van der Waals surface area contributed by atoms with Gasteiger partial charge in [-0.05, 0) is 29.5 Å². The van der Waals surface area contributed by atoms with E-state index < -0.39 is 0 Å². The van der Waals surface area contributed by atoms with E-state index in [4.69, 9.17) is 0 Å². The summed E-state index contributed by atoms with van der Waals surface area (Å²) in [6.07, 6.45) is 2.44. The Hall–Kier alpha value is -1.94. The average molecular weight is 303 g/mol. The predicted molar refractivity (Wildman–Crippen MR) is 84.7 cm³/mol. The smallest absolute Gasteiger partial charge is 0.223 e. The highest BCUT2D eigenvalue weighted by Gasteiger charge is 2.14. The third-order valence-electron chi connectivity index (χ3n) is 3.20. The minimum Gasteiger partial charge on any atom is -0.334 e. The van der Waals surface area contributed by atoms with Gasteiger partial charge in [0, 0.05) is 17.8 Å². The highest BCUT2D eigenvalue weighted by molar-refractivity contribution is 7.09. The van der Waals surface area contributed by atoms with Crippen LogP contribution in [-0.4, -0.2) is 17.4 Å². The van der Waals surface area contributed by atoms with Gasteiger partial charge in [0.05, 0.1) is 6.54 Å². The molecule has 1 aromatic carbocycles. The number of aryl methyl sites for hydroxylation is 1. The lowest BCUT2D eigenvalue weighted by atomic mass is 10.1. The Bertz CT molecular complexity index is 595. The van der Waals surface area contributed by atoms with E-state index in [1.165, 1.54) is 6.07 Å². The summed E-state index contributed by atoms with van der Waals surface area (Å²) in [7, 11) is 0. The molecule has 0 aliphatic heterocycles. The fraction of sp³-hybridized carbons (Fsp3) is 0.235. The Balaban J connectivity index is 1.95. The topological polar surface area (TPSA) is 20.3 Å². The van der Waals surface area contributed by atoms with E-state index in [1.807, 2.05) is 17.5 Å². The lowest BCUT2D eigenvalue weighted by Gasteiger charge is -2.20. The molecule has 0 saturated heterocycles.